The molecule has 0 amide bonds. The molecule has 2 aromatic heterocycles. The smallest absolute Gasteiger partial charge is 0.130 e. The van der Waals surface area contributed by atoms with Crippen LogP contribution in [0.1, 0.15) is 0 Å². The predicted octanol–water partition coefficient (Wildman–Crippen LogP) is 8.44. The monoisotopic (exact) mass is 442 g/mol. The Hall–Kier alpha value is -4.01. The molecule has 0 aliphatic heterocycles. The first-order valence-corrected chi connectivity index (χ1v) is 11.3. The van der Waals surface area contributed by atoms with E-state index in [9.17, 15) is 0 Å². The third-order valence-corrected chi connectivity index (χ3v) is 6.16. The quantitative estimate of drug-likeness (QED) is 0.203. The Morgan fingerprint density at radius 3 is 1.45 bits per heavy atom. The largest absolute Gasteiger partial charge is 0.245 e. The van der Waals surface area contributed by atoms with Crippen LogP contribution >= 0.6 is 11.6 Å². The summed E-state index contributed by atoms with van der Waals surface area (Å²) in [4.78, 5) is 9.88. The first kappa shape index (κ1) is 19.7. The van der Waals surface area contributed by atoms with E-state index in [1.165, 1.54) is 0 Å². The Morgan fingerprint density at radius 2 is 0.909 bits per heavy atom. The second-order valence-electron chi connectivity index (χ2n) is 8.00. The number of benzene rings is 4. The molecule has 2 nitrogen and oxygen atoms in total. The molecule has 0 radical (unpaired) electrons. The molecule has 156 valence electrons. The van der Waals surface area contributed by atoms with E-state index in [1.54, 1.807) is 0 Å². The summed E-state index contributed by atoms with van der Waals surface area (Å²) in [5.41, 5.74) is 8.09. The maximum absolute atomic E-state index is 6.55. The van der Waals surface area contributed by atoms with Crippen molar-refractivity contribution in [2.24, 2.45) is 0 Å². The molecule has 0 unspecified atom stereocenters. The first-order valence-electron chi connectivity index (χ1n) is 10.9. The molecule has 0 N–H and O–H groups in total. The zero-order chi connectivity index (χ0) is 22.2. The van der Waals surface area contributed by atoms with Gasteiger partial charge in [0.2, 0.25) is 0 Å². The van der Waals surface area contributed by atoms with Crippen LogP contribution in [-0.2, 0) is 0 Å². The summed E-state index contributed by atoms with van der Waals surface area (Å²) >= 11 is 6.55. The van der Waals surface area contributed by atoms with Gasteiger partial charge in [0.1, 0.15) is 5.15 Å². The van der Waals surface area contributed by atoms with E-state index in [2.05, 4.69) is 66.7 Å². The summed E-state index contributed by atoms with van der Waals surface area (Å²) in [7, 11) is 0. The minimum Gasteiger partial charge on any atom is -0.245 e. The molecule has 3 heteroatoms. The first-order chi connectivity index (χ1) is 16.3. The molecule has 33 heavy (non-hydrogen) atoms. The standard InChI is InChI=1S/C30H19ClN2/c31-28-19-26(21-12-6-2-7-13-21)24-17-16-23-25(20-10-4-1-5-11-20)18-27(22-14-8-3-9-15-22)32-29(23)30(24)33-28/h1-19H. The normalized spacial score (nSPS) is 11.2. The third-order valence-electron chi connectivity index (χ3n) is 5.97. The van der Waals surface area contributed by atoms with E-state index in [0.717, 1.165) is 55.3 Å². The van der Waals surface area contributed by atoms with Crippen molar-refractivity contribution in [3.63, 3.8) is 0 Å². The zero-order valence-electron chi connectivity index (χ0n) is 17.7. The Labute approximate surface area is 197 Å². The predicted molar refractivity (Wildman–Crippen MR) is 138 cm³/mol. The van der Waals surface area contributed by atoms with Crippen LogP contribution in [0.2, 0.25) is 5.15 Å². The van der Waals surface area contributed by atoms with E-state index in [-0.39, 0.29) is 0 Å². The molecule has 6 rings (SSSR count). The second-order valence-corrected chi connectivity index (χ2v) is 8.39. The van der Waals surface area contributed by atoms with E-state index < -0.39 is 0 Å². The fourth-order valence-corrected chi connectivity index (χ4v) is 4.61. The van der Waals surface area contributed by atoms with Gasteiger partial charge in [-0.25, -0.2) is 9.97 Å². The van der Waals surface area contributed by atoms with Crippen LogP contribution in [0.3, 0.4) is 0 Å². The average molecular weight is 443 g/mol. The van der Waals surface area contributed by atoms with Crippen molar-refractivity contribution in [2.75, 3.05) is 0 Å². The Bertz CT molecular complexity index is 1600. The SMILES string of the molecule is Clc1cc(-c2ccccc2)c2ccc3c(-c4ccccc4)cc(-c4ccccc4)nc3c2n1. The molecule has 2 heterocycles. The van der Waals surface area contributed by atoms with Gasteiger partial charge in [-0.15, -0.1) is 0 Å². The summed E-state index contributed by atoms with van der Waals surface area (Å²) in [6.45, 7) is 0. The third kappa shape index (κ3) is 3.55. The van der Waals surface area contributed by atoms with Crippen molar-refractivity contribution in [3.05, 3.63) is 120 Å². The molecule has 6 aromatic rings. The number of aromatic nitrogens is 2. The van der Waals surface area contributed by atoms with E-state index in [1.807, 2.05) is 48.5 Å². The second kappa shape index (κ2) is 8.16. The fraction of sp³-hybridized carbons (Fsp3) is 0. The number of hydrogen-bond donors (Lipinski definition) is 0. The zero-order valence-corrected chi connectivity index (χ0v) is 18.5. The topological polar surface area (TPSA) is 25.8 Å². The minimum absolute atomic E-state index is 0.460. The van der Waals surface area contributed by atoms with Crippen molar-refractivity contribution < 1.29 is 0 Å². The Morgan fingerprint density at radius 1 is 0.455 bits per heavy atom. The number of rotatable bonds is 3. The van der Waals surface area contributed by atoms with Gasteiger partial charge in [-0.3, -0.25) is 0 Å². The molecule has 0 saturated carbocycles. The van der Waals surface area contributed by atoms with Gasteiger partial charge in [0.05, 0.1) is 16.7 Å². The lowest BCUT2D eigenvalue weighted by Crippen LogP contribution is -1.94. The maximum Gasteiger partial charge on any atom is 0.130 e. The van der Waals surface area contributed by atoms with Gasteiger partial charge in [-0.1, -0.05) is 115 Å². The average Bonchev–Trinajstić information content (AvgIpc) is 2.89. The number of nitrogens with zero attached hydrogens (tertiary/aromatic N) is 2. The van der Waals surface area contributed by atoms with Gasteiger partial charge in [-0.05, 0) is 34.4 Å². The lowest BCUT2D eigenvalue weighted by atomic mass is 9.95. The molecule has 0 atom stereocenters. The van der Waals surface area contributed by atoms with Crippen LogP contribution in [0.25, 0.3) is 55.3 Å². The molecule has 0 fully saturated rings. The molecular formula is C30H19ClN2. The Kier molecular flexibility index (Phi) is 4.86. The van der Waals surface area contributed by atoms with Crippen molar-refractivity contribution >= 4 is 33.4 Å². The van der Waals surface area contributed by atoms with Gasteiger partial charge in [-0.2, -0.15) is 0 Å². The van der Waals surface area contributed by atoms with Gasteiger partial charge in [0, 0.05) is 16.3 Å². The number of fused-ring (bicyclic) bond motifs is 3. The lowest BCUT2D eigenvalue weighted by molar-refractivity contribution is 1.37. The summed E-state index contributed by atoms with van der Waals surface area (Å²) in [5.74, 6) is 0. The Balaban J connectivity index is 1.73. The van der Waals surface area contributed by atoms with Gasteiger partial charge >= 0.3 is 0 Å². The van der Waals surface area contributed by atoms with E-state index in [0.29, 0.717) is 5.15 Å². The van der Waals surface area contributed by atoms with Gasteiger partial charge < -0.3 is 0 Å². The highest BCUT2D eigenvalue weighted by Crippen LogP contribution is 2.38. The van der Waals surface area contributed by atoms with Crippen LogP contribution in [0.15, 0.2) is 115 Å². The van der Waals surface area contributed by atoms with Crippen LogP contribution in [-0.4, -0.2) is 9.97 Å². The van der Waals surface area contributed by atoms with Crippen molar-refractivity contribution in [1.82, 2.24) is 9.97 Å². The summed E-state index contributed by atoms with van der Waals surface area (Å²) < 4.78 is 0. The fourth-order valence-electron chi connectivity index (χ4n) is 4.41. The van der Waals surface area contributed by atoms with Crippen molar-refractivity contribution in [3.8, 4) is 33.5 Å². The van der Waals surface area contributed by atoms with E-state index in [4.69, 9.17) is 21.6 Å². The molecule has 0 aliphatic rings. The molecule has 0 aliphatic carbocycles. The van der Waals surface area contributed by atoms with Crippen LogP contribution < -0.4 is 0 Å². The summed E-state index contributed by atoms with van der Waals surface area (Å²) in [6, 6.07) is 39.4. The van der Waals surface area contributed by atoms with Gasteiger partial charge in [0.25, 0.3) is 0 Å². The number of hydrogen-bond acceptors (Lipinski definition) is 2. The van der Waals surface area contributed by atoms with Gasteiger partial charge in [0.15, 0.2) is 0 Å². The van der Waals surface area contributed by atoms with Crippen molar-refractivity contribution in [1.29, 1.82) is 0 Å². The highest BCUT2D eigenvalue weighted by Gasteiger charge is 2.15. The molecule has 0 saturated heterocycles. The van der Waals surface area contributed by atoms with Crippen LogP contribution in [0.5, 0.6) is 0 Å². The molecular weight excluding hydrogens is 424 g/mol. The summed E-state index contributed by atoms with van der Waals surface area (Å²) in [6.07, 6.45) is 0. The van der Waals surface area contributed by atoms with Crippen LogP contribution in [0, 0.1) is 0 Å². The van der Waals surface area contributed by atoms with Crippen LogP contribution in [0.4, 0.5) is 0 Å². The van der Waals surface area contributed by atoms with Crippen molar-refractivity contribution in [2.45, 2.75) is 0 Å². The minimum atomic E-state index is 0.460. The van der Waals surface area contributed by atoms with E-state index >= 15 is 0 Å². The summed E-state index contributed by atoms with van der Waals surface area (Å²) in [5, 5.41) is 2.55. The number of halogens is 1. The maximum atomic E-state index is 6.55. The highest BCUT2D eigenvalue weighted by atomic mass is 35.5. The lowest BCUT2D eigenvalue weighted by Gasteiger charge is -2.14. The number of pyridine rings is 2. The molecule has 0 spiro atoms. The molecule has 4 aromatic carbocycles. The molecule has 0 bridgehead atoms. The highest BCUT2D eigenvalue weighted by molar-refractivity contribution is 6.31.